The second kappa shape index (κ2) is 8.64. The van der Waals surface area contributed by atoms with E-state index >= 15 is 0 Å². The summed E-state index contributed by atoms with van der Waals surface area (Å²) in [7, 11) is 2.10. The molecule has 1 aromatic heterocycles. The van der Waals surface area contributed by atoms with Crippen molar-refractivity contribution in [3.8, 4) is 0 Å². The van der Waals surface area contributed by atoms with Crippen molar-refractivity contribution in [1.82, 2.24) is 9.97 Å². The zero-order valence-corrected chi connectivity index (χ0v) is 14.5. The Balaban J connectivity index is 2.90. The highest BCUT2D eigenvalue weighted by Gasteiger charge is 2.17. The fourth-order valence-electron chi connectivity index (χ4n) is 1.80. The summed E-state index contributed by atoms with van der Waals surface area (Å²) in [5.74, 6) is 2.75. The molecule has 0 spiro atoms. The van der Waals surface area contributed by atoms with E-state index in [1.54, 1.807) is 0 Å². The monoisotopic (exact) mass is 346 g/mol. The quantitative estimate of drug-likeness (QED) is 0.778. The maximum Gasteiger partial charge on any atom is 0.224 e. The molecule has 0 aliphatic carbocycles. The fraction of sp³-hybridized carbons (Fsp3) is 0.692. The average Bonchev–Trinajstić information content (AvgIpc) is 2.43. The first-order valence-electron chi connectivity index (χ1n) is 6.62. The molecule has 1 aromatic rings. The molecule has 1 rings (SSSR count). The standard InChI is InChI=1S/C13H23BrN4S/c1-5-7-15-13-16-8-11(14)12(17-13)18(3)10(6-2)9-19-4/h8,10H,5-7,9H2,1-4H3,(H,15,16,17). The average molecular weight is 347 g/mol. The molecule has 0 radical (unpaired) electrons. The molecule has 0 aliphatic heterocycles. The number of anilines is 2. The van der Waals surface area contributed by atoms with Crippen LogP contribution in [0.3, 0.4) is 0 Å². The molecule has 0 bridgehead atoms. The van der Waals surface area contributed by atoms with Crippen LogP contribution in [0.15, 0.2) is 10.7 Å². The van der Waals surface area contributed by atoms with Gasteiger partial charge in [0.2, 0.25) is 5.95 Å². The van der Waals surface area contributed by atoms with Crippen LogP contribution < -0.4 is 10.2 Å². The van der Waals surface area contributed by atoms with Gasteiger partial charge >= 0.3 is 0 Å². The lowest BCUT2D eigenvalue weighted by Gasteiger charge is -2.28. The number of nitrogens with one attached hydrogen (secondary N) is 1. The largest absolute Gasteiger partial charge is 0.355 e. The van der Waals surface area contributed by atoms with Gasteiger partial charge in [0, 0.05) is 31.6 Å². The molecule has 0 aromatic carbocycles. The molecule has 1 unspecified atom stereocenters. The Morgan fingerprint density at radius 1 is 1.47 bits per heavy atom. The summed E-state index contributed by atoms with van der Waals surface area (Å²) in [6.45, 7) is 5.24. The van der Waals surface area contributed by atoms with Crippen LogP contribution in [0.2, 0.25) is 0 Å². The van der Waals surface area contributed by atoms with Gasteiger partial charge in [-0.1, -0.05) is 13.8 Å². The summed E-state index contributed by atoms with van der Waals surface area (Å²) in [5.41, 5.74) is 0. The summed E-state index contributed by atoms with van der Waals surface area (Å²) >= 11 is 5.41. The topological polar surface area (TPSA) is 41.1 Å². The first-order valence-corrected chi connectivity index (χ1v) is 8.80. The van der Waals surface area contributed by atoms with Crippen molar-refractivity contribution in [3.05, 3.63) is 10.7 Å². The maximum absolute atomic E-state index is 4.61. The summed E-state index contributed by atoms with van der Waals surface area (Å²) in [6, 6.07) is 0.486. The SMILES string of the molecule is CCCNc1ncc(Br)c(N(C)C(CC)CSC)n1. The molecule has 1 N–H and O–H groups in total. The van der Waals surface area contributed by atoms with Gasteiger partial charge in [-0.3, -0.25) is 0 Å². The third kappa shape index (κ3) is 4.84. The number of hydrogen-bond acceptors (Lipinski definition) is 5. The van der Waals surface area contributed by atoms with E-state index < -0.39 is 0 Å². The molecule has 0 saturated heterocycles. The number of rotatable bonds is 8. The van der Waals surface area contributed by atoms with Gasteiger partial charge in [0.1, 0.15) is 5.82 Å². The van der Waals surface area contributed by atoms with E-state index in [-0.39, 0.29) is 0 Å². The van der Waals surface area contributed by atoms with Crippen molar-refractivity contribution >= 4 is 39.5 Å². The summed E-state index contributed by atoms with van der Waals surface area (Å²) in [6.07, 6.45) is 6.13. The van der Waals surface area contributed by atoms with Crippen molar-refractivity contribution in [1.29, 1.82) is 0 Å². The maximum atomic E-state index is 4.61. The number of thioether (sulfide) groups is 1. The third-order valence-corrected chi connectivity index (χ3v) is 4.25. The molecule has 108 valence electrons. The zero-order chi connectivity index (χ0) is 14.3. The lowest BCUT2D eigenvalue weighted by atomic mass is 10.2. The fourth-order valence-corrected chi connectivity index (χ4v) is 3.11. The first kappa shape index (κ1) is 16.6. The van der Waals surface area contributed by atoms with Crippen LogP contribution in [-0.2, 0) is 0 Å². The Kier molecular flexibility index (Phi) is 7.53. The van der Waals surface area contributed by atoms with Crippen LogP contribution in [0.25, 0.3) is 0 Å². The van der Waals surface area contributed by atoms with Crippen molar-refractivity contribution < 1.29 is 0 Å². The summed E-state index contributed by atoms with van der Waals surface area (Å²) in [4.78, 5) is 11.1. The number of hydrogen-bond donors (Lipinski definition) is 1. The minimum absolute atomic E-state index is 0.486. The van der Waals surface area contributed by atoms with Crippen molar-refractivity contribution in [2.45, 2.75) is 32.7 Å². The summed E-state index contributed by atoms with van der Waals surface area (Å²) < 4.78 is 0.941. The van der Waals surface area contributed by atoms with Crippen LogP contribution in [-0.4, -0.2) is 41.6 Å². The Hall–Kier alpha value is -0.490. The summed E-state index contributed by atoms with van der Waals surface area (Å²) in [5, 5.41) is 3.23. The highest BCUT2D eigenvalue weighted by atomic mass is 79.9. The van der Waals surface area contributed by atoms with E-state index in [9.17, 15) is 0 Å². The van der Waals surface area contributed by atoms with Crippen LogP contribution >= 0.6 is 27.7 Å². The van der Waals surface area contributed by atoms with Gasteiger partial charge in [0.05, 0.1) is 4.47 Å². The molecule has 1 heterocycles. The second-order valence-corrected chi connectivity index (χ2v) is 6.19. The van der Waals surface area contributed by atoms with Gasteiger partial charge in [0.15, 0.2) is 0 Å². The van der Waals surface area contributed by atoms with Crippen molar-refractivity contribution in [2.75, 3.05) is 35.8 Å². The van der Waals surface area contributed by atoms with Gasteiger partial charge in [-0.25, -0.2) is 4.98 Å². The molecule has 0 aliphatic rings. The lowest BCUT2D eigenvalue weighted by Crippen LogP contribution is -2.34. The van der Waals surface area contributed by atoms with E-state index in [4.69, 9.17) is 0 Å². The van der Waals surface area contributed by atoms with Gasteiger partial charge in [-0.2, -0.15) is 16.7 Å². The Labute approximate surface area is 128 Å². The van der Waals surface area contributed by atoms with Gasteiger partial charge in [-0.15, -0.1) is 0 Å². The van der Waals surface area contributed by atoms with E-state index in [1.165, 1.54) is 0 Å². The zero-order valence-electron chi connectivity index (χ0n) is 12.1. The van der Waals surface area contributed by atoms with Crippen LogP contribution in [0.5, 0.6) is 0 Å². The van der Waals surface area contributed by atoms with Gasteiger partial charge in [0.25, 0.3) is 0 Å². The molecule has 0 saturated carbocycles. The molecular weight excluding hydrogens is 324 g/mol. The number of nitrogens with zero attached hydrogens (tertiary/aromatic N) is 3. The molecular formula is C13H23BrN4S. The van der Waals surface area contributed by atoms with Crippen LogP contribution in [0.1, 0.15) is 26.7 Å². The first-order chi connectivity index (χ1) is 9.13. The van der Waals surface area contributed by atoms with Crippen LogP contribution in [0, 0.1) is 0 Å². The minimum atomic E-state index is 0.486. The smallest absolute Gasteiger partial charge is 0.224 e. The number of halogens is 1. The molecule has 1 atom stereocenters. The van der Waals surface area contributed by atoms with Crippen LogP contribution in [0.4, 0.5) is 11.8 Å². The Bertz CT molecular complexity index is 389. The van der Waals surface area contributed by atoms with Crippen molar-refractivity contribution in [3.63, 3.8) is 0 Å². The molecule has 0 amide bonds. The van der Waals surface area contributed by atoms with Crippen molar-refractivity contribution in [2.24, 2.45) is 0 Å². The van der Waals surface area contributed by atoms with Gasteiger partial charge < -0.3 is 10.2 Å². The molecule has 6 heteroatoms. The highest BCUT2D eigenvalue weighted by Crippen LogP contribution is 2.26. The predicted octanol–water partition coefficient (Wildman–Crippen LogP) is 3.64. The van der Waals surface area contributed by atoms with E-state index in [0.29, 0.717) is 12.0 Å². The highest BCUT2D eigenvalue weighted by molar-refractivity contribution is 9.10. The molecule has 19 heavy (non-hydrogen) atoms. The van der Waals surface area contributed by atoms with E-state index in [1.807, 2.05) is 18.0 Å². The predicted molar refractivity (Wildman–Crippen MR) is 89.4 cm³/mol. The normalized spacial score (nSPS) is 12.3. The third-order valence-electron chi connectivity index (χ3n) is 2.97. The second-order valence-electron chi connectivity index (χ2n) is 4.42. The van der Waals surface area contributed by atoms with Gasteiger partial charge in [-0.05, 0) is 35.0 Å². The Morgan fingerprint density at radius 3 is 2.79 bits per heavy atom. The van der Waals surface area contributed by atoms with E-state index in [2.05, 4.69) is 63.3 Å². The molecule has 0 fully saturated rings. The van der Waals surface area contributed by atoms with E-state index in [0.717, 1.165) is 35.4 Å². The minimum Gasteiger partial charge on any atom is -0.355 e. The lowest BCUT2D eigenvalue weighted by molar-refractivity contribution is 0.664. The molecule has 4 nitrogen and oxygen atoms in total. The number of aromatic nitrogens is 2. The Morgan fingerprint density at radius 2 is 2.21 bits per heavy atom.